The molecule has 0 aliphatic heterocycles. The molecule has 3 aromatic heterocycles. The molecule has 0 aliphatic carbocycles. The van der Waals surface area contributed by atoms with Gasteiger partial charge in [0.05, 0.1) is 12.8 Å². The minimum Gasteiger partial charge on any atom is -0.463 e. The number of carbonyl (C=O) groups is 1. The third-order valence-corrected chi connectivity index (χ3v) is 4.05. The molecule has 1 aromatic carbocycles. The van der Waals surface area contributed by atoms with Crippen molar-refractivity contribution in [3.05, 3.63) is 83.0 Å². The largest absolute Gasteiger partial charge is 0.463 e. The highest BCUT2D eigenvalue weighted by molar-refractivity contribution is 5.93. The molecule has 0 radical (unpaired) electrons. The maximum absolute atomic E-state index is 12.3. The number of carbonyl (C=O) groups excluding carboxylic acids is 1. The summed E-state index contributed by atoms with van der Waals surface area (Å²) in [4.78, 5) is 24.2. The number of aromatic nitrogens is 3. The van der Waals surface area contributed by atoms with E-state index in [9.17, 15) is 9.59 Å². The lowest BCUT2D eigenvalue weighted by Gasteiger charge is -2.06. The number of hydrogen-bond donors (Lipinski definition) is 1. The molecule has 0 fully saturated rings. The van der Waals surface area contributed by atoms with E-state index in [-0.39, 0.29) is 30.2 Å². The molecule has 28 heavy (non-hydrogen) atoms. The molecule has 1 amide bonds. The molecule has 3 heterocycles. The van der Waals surface area contributed by atoms with Crippen LogP contribution in [0.4, 0.5) is 0 Å². The van der Waals surface area contributed by atoms with Crippen molar-refractivity contribution in [3.63, 3.8) is 0 Å². The first-order chi connectivity index (χ1) is 13.7. The molecule has 140 valence electrons. The van der Waals surface area contributed by atoms with Crippen molar-refractivity contribution >= 4 is 5.91 Å². The van der Waals surface area contributed by atoms with Gasteiger partial charge in [-0.15, -0.1) is 0 Å². The Balaban J connectivity index is 1.39. The Labute approximate surface area is 159 Å². The predicted octanol–water partition coefficient (Wildman–Crippen LogP) is 2.59. The first-order valence-corrected chi connectivity index (χ1v) is 8.63. The van der Waals surface area contributed by atoms with Gasteiger partial charge in [-0.25, -0.2) is 4.68 Å². The topological polar surface area (TPSA) is 103 Å². The first kappa shape index (κ1) is 17.5. The van der Waals surface area contributed by atoms with Crippen LogP contribution in [-0.2, 0) is 6.54 Å². The number of nitrogens with zero attached hydrogens (tertiary/aromatic N) is 3. The van der Waals surface area contributed by atoms with E-state index < -0.39 is 0 Å². The van der Waals surface area contributed by atoms with Gasteiger partial charge in [-0.05, 0) is 18.2 Å². The number of furan rings is 1. The van der Waals surface area contributed by atoms with Crippen molar-refractivity contribution in [2.75, 3.05) is 6.54 Å². The van der Waals surface area contributed by atoms with Crippen molar-refractivity contribution in [3.8, 4) is 22.8 Å². The first-order valence-electron chi connectivity index (χ1n) is 8.63. The third-order valence-electron chi connectivity index (χ3n) is 4.05. The van der Waals surface area contributed by atoms with E-state index in [0.717, 1.165) is 5.56 Å². The minimum absolute atomic E-state index is 0.170. The fraction of sp³-hybridized carbons (Fsp3) is 0.100. The Hall–Kier alpha value is -3.94. The summed E-state index contributed by atoms with van der Waals surface area (Å²) in [6, 6.07) is 17.5. The molecule has 0 aliphatic rings. The van der Waals surface area contributed by atoms with E-state index in [1.54, 1.807) is 24.3 Å². The smallest absolute Gasteiger partial charge is 0.273 e. The second-order valence-corrected chi connectivity index (χ2v) is 5.96. The zero-order valence-electron chi connectivity index (χ0n) is 14.7. The van der Waals surface area contributed by atoms with E-state index in [1.807, 2.05) is 30.3 Å². The highest BCUT2D eigenvalue weighted by Crippen LogP contribution is 2.19. The lowest BCUT2D eigenvalue weighted by molar-refractivity contribution is 0.0943. The van der Waals surface area contributed by atoms with Crippen LogP contribution in [0.5, 0.6) is 0 Å². The Morgan fingerprint density at radius 1 is 1.04 bits per heavy atom. The fourth-order valence-electron chi connectivity index (χ4n) is 2.65. The van der Waals surface area contributed by atoms with Crippen LogP contribution in [0.3, 0.4) is 0 Å². The van der Waals surface area contributed by atoms with Crippen molar-refractivity contribution in [1.29, 1.82) is 0 Å². The predicted molar refractivity (Wildman–Crippen MR) is 100 cm³/mol. The zero-order valence-corrected chi connectivity index (χ0v) is 14.7. The highest BCUT2D eigenvalue weighted by Gasteiger charge is 2.13. The highest BCUT2D eigenvalue weighted by atomic mass is 16.5. The van der Waals surface area contributed by atoms with Gasteiger partial charge in [0.25, 0.3) is 11.5 Å². The molecule has 0 bridgehead atoms. The van der Waals surface area contributed by atoms with Crippen LogP contribution in [0.25, 0.3) is 22.8 Å². The molecular weight excluding hydrogens is 360 g/mol. The summed E-state index contributed by atoms with van der Waals surface area (Å²) in [5, 5.41) is 10.8. The number of rotatable bonds is 6. The Kier molecular flexibility index (Phi) is 4.83. The molecule has 0 unspecified atom stereocenters. The van der Waals surface area contributed by atoms with Gasteiger partial charge in [0.1, 0.15) is 5.69 Å². The maximum atomic E-state index is 12.3. The fourth-order valence-corrected chi connectivity index (χ4v) is 2.65. The van der Waals surface area contributed by atoms with E-state index in [0.29, 0.717) is 17.2 Å². The lowest BCUT2D eigenvalue weighted by atomic mass is 10.1. The standard InChI is InChI=1S/C20H16N4O4/c25-19-9-8-15(17-7-4-12-27-17)22-24(19)11-10-21-20(26)16-13-18(28-23-16)14-5-2-1-3-6-14/h1-9,12-13H,10-11H2,(H,21,26). The molecule has 8 heteroatoms. The Morgan fingerprint density at radius 2 is 1.89 bits per heavy atom. The molecule has 0 saturated heterocycles. The van der Waals surface area contributed by atoms with Gasteiger partial charge >= 0.3 is 0 Å². The monoisotopic (exact) mass is 376 g/mol. The number of amides is 1. The molecule has 4 aromatic rings. The average molecular weight is 376 g/mol. The summed E-state index contributed by atoms with van der Waals surface area (Å²) < 4.78 is 11.8. The maximum Gasteiger partial charge on any atom is 0.273 e. The van der Waals surface area contributed by atoms with Gasteiger partial charge in [-0.1, -0.05) is 35.5 Å². The molecular formula is C20H16N4O4. The van der Waals surface area contributed by atoms with E-state index in [4.69, 9.17) is 8.94 Å². The normalized spacial score (nSPS) is 10.7. The van der Waals surface area contributed by atoms with Crippen molar-refractivity contribution < 1.29 is 13.7 Å². The lowest BCUT2D eigenvalue weighted by Crippen LogP contribution is -2.32. The molecule has 0 spiro atoms. The summed E-state index contributed by atoms with van der Waals surface area (Å²) in [5.74, 6) is 0.685. The summed E-state index contributed by atoms with van der Waals surface area (Å²) in [7, 11) is 0. The molecule has 4 rings (SSSR count). The van der Waals surface area contributed by atoms with Gasteiger partial charge < -0.3 is 14.3 Å². The third kappa shape index (κ3) is 3.75. The van der Waals surface area contributed by atoms with E-state index >= 15 is 0 Å². The van der Waals surface area contributed by atoms with Crippen LogP contribution in [0.1, 0.15) is 10.5 Å². The Bertz CT molecular complexity index is 1130. The van der Waals surface area contributed by atoms with Crippen LogP contribution in [-0.4, -0.2) is 27.4 Å². The van der Waals surface area contributed by atoms with Crippen LogP contribution in [0.15, 0.2) is 80.7 Å². The van der Waals surface area contributed by atoms with Gasteiger partial charge in [0.2, 0.25) is 0 Å². The van der Waals surface area contributed by atoms with Gasteiger partial charge in [-0.3, -0.25) is 9.59 Å². The average Bonchev–Trinajstić information content (AvgIpc) is 3.42. The summed E-state index contributed by atoms with van der Waals surface area (Å²) in [6.45, 7) is 0.420. The van der Waals surface area contributed by atoms with Crippen molar-refractivity contribution in [2.45, 2.75) is 6.54 Å². The summed E-state index contributed by atoms with van der Waals surface area (Å²) >= 11 is 0. The van der Waals surface area contributed by atoms with Crippen molar-refractivity contribution in [1.82, 2.24) is 20.3 Å². The van der Waals surface area contributed by atoms with Gasteiger partial charge in [-0.2, -0.15) is 5.10 Å². The second kappa shape index (κ2) is 7.75. The molecule has 0 saturated carbocycles. The SMILES string of the molecule is O=C(NCCn1nc(-c2ccco2)ccc1=O)c1cc(-c2ccccc2)on1. The van der Waals surface area contributed by atoms with Crippen LogP contribution in [0.2, 0.25) is 0 Å². The quantitative estimate of drug-likeness (QED) is 0.555. The van der Waals surface area contributed by atoms with Gasteiger partial charge in [0.15, 0.2) is 17.2 Å². The van der Waals surface area contributed by atoms with Crippen LogP contribution in [0, 0.1) is 0 Å². The number of nitrogens with one attached hydrogen (secondary N) is 1. The van der Waals surface area contributed by atoms with Crippen LogP contribution < -0.4 is 10.9 Å². The minimum atomic E-state index is -0.388. The van der Waals surface area contributed by atoms with Crippen molar-refractivity contribution in [2.24, 2.45) is 0 Å². The zero-order chi connectivity index (χ0) is 19.3. The van der Waals surface area contributed by atoms with E-state index in [2.05, 4.69) is 15.6 Å². The number of benzene rings is 1. The summed E-state index contributed by atoms with van der Waals surface area (Å²) in [5.41, 5.74) is 1.28. The number of hydrogen-bond acceptors (Lipinski definition) is 6. The van der Waals surface area contributed by atoms with Gasteiger partial charge in [0, 0.05) is 24.2 Å². The van der Waals surface area contributed by atoms with E-state index in [1.165, 1.54) is 17.0 Å². The molecule has 8 nitrogen and oxygen atoms in total. The molecule has 1 N–H and O–H groups in total. The van der Waals surface area contributed by atoms with Crippen LogP contribution >= 0.6 is 0 Å². The summed E-state index contributed by atoms with van der Waals surface area (Å²) in [6.07, 6.45) is 1.54. The molecule has 0 atom stereocenters. The second-order valence-electron chi connectivity index (χ2n) is 5.96. The Morgan fingerprint density at radius 3 is 2.68 bits per heavy atom.